The fraction of sp³-hybridized carbons (Fsp3) is 0. The predicted molar refractivity (Wildman–Crippen MR) is 85.6 cm³/mol. The lowest BCUT2D eigenvalue weighted by atomic mass is 10.2. The van der Waals surface area contributed by atoms with Crippen molar-refractivity contribution < 1.29 is 4.79 Å². The summed E-state index contributed by atoms with van der Waals surface area (Å²) < 4.78 is 0. The smallest absolute Gasteiger partial charge is 0.248 e. The van der Waals surface area contributed by atoms with Crippen molar-refractivity contribution in [2.45, 2.75) is 0 Å². The first-order valence-corrected chi connectivity index (χ1v) is 6.88. The Hall–Kier alpha value is -1.48. The quantitative estimate of drug-likeness (QED) is 0.762. The molecule has 0 radical (unpaired) electrons. The maximum absolute atomic E-state index is 11.7. The number of nitrogens with one attached hydrogen (secondary N) is 1. The zero-order valence-corrected chi connectivity index (χ0v) is 12.5. The van der Waals surface area contributed by atoms with Crippen LogP contribution < -0.4 is 5.32 Å². The summed E-state index contributed by atoms with van der Waals surface area (Å²) in [6, 6.07) is 11.9. The average molecular weight is 327 g/mol. The Morgan fingerprint density at radius 2 is 1.60 bits per heavy atom. The first-order valence-electron chi connectivity index (χ1n) is 5.74. The van der Waals surface area contributed by atoms with E-state index in [1.807, 2.05) is 0 Å². The van der Waals surface area contributed by atoms with E-state index in [1.54, 1.807) is 48.5 Å². The average Bonchev–Trinajstić information content (AvgIpc) is 2.40. The van der Waals surface area contributed by atoms with Gasteiger partial charge in [-0.05, 0) is 48.0 Å². The molecule has 1 N–H and O–H groups in total. The van der Waals surface area contributed by atoms with E-state index in [0.29, 0.717) is 20.8 Å². The molecule has 0 aromatic heterocycles. The number of rotatable bonds is 3. The van der Waals surface area contributed by atoms with Crippen LogP contribution in [0, 0.1) is 0 Å². The highest BCUT2D eigenvalue weighted by Gasteiger charge is 2.00. The number of benzene rings is 2. The highest BCUT2D eigenvalue weighted by molar-refractivity contribution is 6.35. The molecule has 0 aliphatic rings. The van der Waals surface area contributed by atoms with Gasteiger partial charge in [-0.15, -0.1) is 0 Å². The minimum absolute atomic E-state index is 0.252. The Balaban J connectivity index is 2.03. The molecule has 102 valence electrons. The van der Waals surface area contributed by atoms with Gasteiger partial charge in [-0.2, -0.15) is 0 Å². The topological polar surface area (TPSA) is 29.1 Å². The van der Waals surface area contributed by atoms with Gasteiger partial charge in [0.1, 0.15) is 0 Å². The maximum atomic E-state index is 11.7. The summed E-state index contributed by atoms with van der Waals surface area (Å²) in [6.07, 6.45) is 3.04. The molecule has 0 aliphatic carbocycles. The fourth-order valence-corrected chi connectivity index (χ4v) is 2.12. The van der Waals surface area contributed by atoms with Gasteiger partial charge in [0.05, 0.1) is 0 Å². The van der Waals surface area contributed by atoms with Crippen LogP contribution in [0.3, 0.4) is 0 Å². The first-order chi connectivity index (χ1) is 9.54. The molecular formula is C15H10Cl3NO. The third-order valence-corrected chi connectivity index (χ3v) is 3.30. The highest BCUT2D eigenvalue weighted by Crippen LogP contribution is 2.22. The van der Waals surface area contributed by atoms with E-state index in [0.717, 1.165) is 5.56 Å². The molecule has 1 amide bonds. The van der Waals surface area contributed by atoms with Gasteiger partial charge in [-0.1, -0.05) is 40.9 Å². The monoisotopic (exact) mass is 325 g/mol. The predicted octanol–water partition coefficient (Wildman–Crippen LogP) is 5.30. The lowest BCUT2D eigenvalue weighted by Crippen LogP contribution is -2.07. The molecule has 0 bridgehead atoms. The Morgan fingerprint density at radius 3 is 2.25 bits per heavy atom. The Labute approximate surface area is 132 Å². The SMILES string of the molecule is O=C(/C=C/c1ccc(Cl)cc1Cl)Nc1ccc(Cl)cc1. The zero-order chi connectivity index (χ0) is 14.5. The van der Waals surface area contributed by atoms with Crippen molar-refractivity contribution in [3.63, 3.8) is 0 Å². The molecule has 0 saturated carbocycles. The molecule has 0 unspecified atom stereocenters. The molecule has 2 nitrogen and oxygen atoms in total. The van der Waals surface area contributed by atoms with Crippen molar-refractivity contribution in [1.29, 1.82) is 0 Å². The summed E-state index contributed by atoms with van der Waals surface area (Å²) in [4.78, 5) is 11.7. The standard InChI is InChI=1S/C15H10Cl3NO/c16-11-4-6-13(7-5-11)19-15(20)8-2-10-1-3-12(17)9-14(10)18/h1-9H,(H,19,20)/b8-2+. The molecule has 0 fully saturated rings. The van der Waals surface area contributed by atoms with Crippen LogP contribution in [0.2, 0.25) is 15.1 Å². The van der Waals surface area contributed by atoms with Crippen LogP contribution in [0.5, 0.6) is 0 Å². The molecular weight excluding hydrogens is 317 g/mol. The van der Waals surface area contributed by atoms with E-state index in [4.69, 9.17) is 34.8 Å². The molecule has 2 aromatic carbocycles. The van der Waals surface area contributed by atoms with Crippen LogP contribution in [0.25, 0.3) is 6.08 Å². The summed E-state index contributed by atoms with van der Waals surface area (Å²) in [7, 11) is 0. The van der Waals surface area contributed by atoms with Crippen molar-refractivity contribution in [2.75, 3.05) is 5.32 Å². The summed E-state index contributed by atoms with van der Waals surface area (Å²) in [5, 5.41) is 4.38. The van der Waals surface area contributed by atoms with Crippen molar-refractivity contribution in [1.82, 2.24) is 0 Å². The van der Waals surface area contributed by atoms with E-state index < -0.39 is 0 Å². The van der Waals surface area contributed by atoms with E-state index in [1.165, 1.54) is 6.08 Å². The Morgan fingerprint density at radius 1 is 0.950 bits per heavy atom. The van der Waals surface area contributed by atoms with Gasteiger partial charge in [-0.3, -0.25) is 4.79 Å². The number of hydrogen-bond acceptors (Lipinski definition) is 1. The summed E-state index contributed by atoms with van der Waals surface area (Å²) in [5.41, 5.74) is 1.40. The van der Waals surface area contributed by atoms with Crippen molar-refractivity contribution in [3.8, 4) is 0 Å². The van der Waals surface area contributed by atoms with Crippen molar-refractivity contribution in [2.24, 2.45) is 0 Å². The molecule has 0 spiro atoms. The van der Waals surface area contributed by atoms with Crippen molar-refractivity contribution in [3.05, 3.63) is 69.2 Å². The first kappa shape index (κ1) is 14.9. The van der Waals surface area contributed by atoms with Crippen LogP contribution in [0.15, 0.2) is 48.5 Å². The van der Waals surface area contributed by atoms with Crippen LogP contribution >= 0.6 is 34.8 Å². The zero-order valence-electron chi connectivity index (χ0n) is 10.2. The number of halogens is 3. The fourth-order valence-electron chi connectivity index (χ4n) is 1.52. The number of carbonyl (C=O) groups excluding carboxylic acids is 1. The molecule has 0 atom stereocenters. The van der Waals surface area contributed by atoms with Gasteiger partial charge in [0, 0.05) is 26.8 Å². The number of amides is 1. The van der Waals surface area contributed by atoms with E-state index in [2.05, 4.69) is 5.32 Å². The maximum Gasteiger partial charge on any atom is 0.248 e. The Bertz CT molecular complexity index is 651. The van der Waals surface area contributed by atoms with Gasteiger partial charge in [-0.25, -0.2) is 0 Å². The molecule has 2 rings (SSSR count). The second kappa shape index (κ2) is 6.80. The second-order valence-corrected chi connectivity index (χ2v) is 5.28. The van der Waals surface area contributed by atoms with E-state index >= 15 is 0 Å². The van der Waals surface area contributed by atoms with Crippen LogP contribution in [-0.4, -0.2) is 5.91 Å². The third kappa shape index (κ3) is 4.27. The van der Waals surface area contributed by atoms with Gasteiger partial charge < -0.3 is 5.32 Å². The minimum Gasteiger partial charge on any atom is -0.323 e. The third-order valence-electron chi connectivity index (χ3n) is 2.49. The van der Waals surface area contributed by atoms with Crippen LogP contribution in [0.4, 0.5) is 5.69 Å². The molecule has 0 aliphatic heterocycles. The van der Waals surface area contributed by atoms with Crippen LogP contribution in [-0.2, 0) is 4.79 Å². The molecule has 0 saturated heterocycles. The van der Waals surface area contributed by atoms with Gasteiger partial charge in [0.2, 0.25) is 5.91 Å². The van der Waals surface area contributed by atoms with E-state index in [-0.39, 0.29) is 5.91 Å². The largest absolute Gasteiger partial charge is 0.323 e. The van der Waals surface area contributed by atoms with Gasteiger partial charge >= 0.3 is 0 Å². The van der Waals surface area contributed by atoms with Gasteiger partial charge in [0.25, 0.3) is 0 Å². The normalized spacial score (nSPS) is 10.8. The Kier molecular flexibility index (Phi) is 5.07. The molecule has 2 aromatic rings. The summed E-state index contributed by atoms with van der Waals surface area (Å²) >= 11 is 17.6. The minimum atomic E-state index is -0.252. The lowest BCUT2D eigenvalue weighted by Gasteiger charge is -2.02. The highest BCUT2D eigenvalue weighted by atomic mass is 35.5. The van der Waals surface area contributed by atoms with E-state index in [9.17, 15) is 4.79 Å². The van der Waals surface area contributed by atoms with Crippen molar-refractivity contribution >= 4 is 52.5 Å². The second-order valence-electron chi connectivity index (χ2n) is 4.00. The molecule has 20 heavy (non-hydrogen) atoms. The molecule has 0 heterocycles. The number of carbonyl (C=O) groups is 1. The molecule has 5 heteroatoms. The summed E-state index contributed by atoms with van der Waals surface area (Å²) in [5.74, 6) is -0.252. The number of anilines is 1. The van der Waals surface area contributed by atoms with Gasteiger partial charge in [0.15, 0.2) is 0 Å². The lowest BCUT2D eigenvalue weighted by molar-refractivity contribution is -0.111. The summed E-state index contributed by atoms with van der Waals surface area (Å²) in [6.45, 7) is 0. The number of hydrogen-bond donors (Lipinski definition) is 1. The van der Waals surface area contributed by atoms with Crippen LogP contribution in [0.1, 0.15) is 5.56 Å².